The van der Waals surface area contributed by atoms with Crippen molar-refractivity contribution in [1.29, 1.82) is 0 Å². The van der Waals surface area contributed by atoms with Gasteiger partial charge in [0.1, 0.15) is 49.3 Å². The minimum absolute atomic E-state index is 0.00343. The number of fused-ring (bicyclic) bond motifs is 6. The van der Waals surface area contributed by atoms with Crippen molar-refractivity contribution in [3.63, 3.8) is 0 Å². The van der Waals surface area contributed by atoms with Crippen molar-refractivity contribution in [1.82, 2.24) is 0 Å². The summed E-state index contributed by atoms with van der Waals surface area (Å²) < 4.78 is 48.1. The van der Waals surface area contributed by atoms with Crippen molar-refractivity contribution in [2.45, 2.75) is 242 Å². The van der Waals surface area contributed by atoms with Gasteiger partial charge in [-0.05, 0) is 64.2 Å². The zero-order chi connectivity index (χ0) is 62.7. The molecule has 0 aromatic heterocycles. The van der Waals surface area contributed by atoms with Crippen LogP contribution in [0.15, 0.2) is 0 Å². The minimum Gasteiger partial charge on any atom is -0.481 e. The number of ether oxygens (including phenoxy) is 8. The first-order chi connectivity index (χ1) is 41.1. The maximum Gasteiger partial charge on any atom is 0.309 e. The minimum atomic E-state index is -2.38. The zero-order valence-corrected chi connectivity index (χ0v) is 47.0. The number of rotatable bonds is 8. The van der Waals surface area contributed by atoms with E-state index in [1.165, 1.54) is 0 Å². The van der Waals surface area contributed by atoms with E-state index >= 15 is 9.59 Å². The van der Waals surface area contributed by atoms with Crippen LogP contribution in [0.25, 0.3) is 0 Å². The molecule has 0 radical (unpaired) electrons. The predicted octanol–water partition coefficient (Wildman–Crippen LogP) is -8.79. The average Bonchev–Trinajstić information content (AvgIpc) is 0.974. The SMILES string of the molecule is O=C(O[C@@H]1[C@@H](OC(=O)C2CC(O)C(O)C(O)C2)[C@@H](O)O[C@@H]2COC(=O)C3CC(OC4C(C5CCC(O)C(O)C5)[OH+]C5CC(O)CC6OC7C(O)C(O)CC(C(=O)O)C7C4C65)C(O)C(O)C3C3C(CC(O)C(O)C3O)C(=O)O[C@@H]12)C1CC(O)C(O)C(O)C1. The normalized spacial score (nSPS) is 54.4. The first kappa shape index (κ1) is 65.0. The highest BCUT2D eigenvalue weighted by atomic mass is 16.7. The van der Waals surface area contributed by atoms with E-state index in [-0.39, 0.29) is 32.1 Å². The molecule has 29 unspecified atom stereocenters. The molecule has 19 N–H and O–H groups in total. The fraction of sp³-hybridized carbons (Fsp3) is 0.911. The first-order valence-electron chi connectivity index (χ1n) is 30.4. The highest BCUT2D eigenvalue weighted by molar-refractivity contribution is 5.77. The number of cyclic esters (lactones) is 1. The van der Waals surface area contributed by atoms with Crippen LogP contribution in [0.5, 0.6) is 0 Å². The molecule has 0 spiro atoms. The molecule has 34 atom stereocenters. The highest BCUT2D eigenvalue weighted by Gasteiger charge is 2.69. The molecule has 492 valence electrons. The van der Waals surface area contributed by atoms with E-state index < -0.39 is 311 Å². The third-order valence-corrected chi connectivity index (χ3v) is 21.5. The van der Waals surface area contributed by atoms with Crippen LogP contribution < -0.4 is 0 Å². The van der Waals surface area contributed by atoms with Gasteiger partial charge >= 0.3 is 29.8 Å². The monoisotopic (exact) mass is 1250 g/mol. The fourth-order valence-corrected chi connectivity index (χ4v) is 17.2. The number of aliphatic hydroxyl groups is 19. The van der Waals surface area contributed by atoms with Crippen molar-refractivity contribution >= 4 is 29.8 Å². The smallest absolute Gasteiger partial charge is 0.309 e. The Balaban J connectivity index is 0.954. The number of aliphatic hydroxyl groups excluding tert-OH is 17. The van der Waals surface area contributed by atoms with E-state index in [1.54, 1.807) is 0 Å². The van der Waals surface area contributed by atoms with Crippen molar-refractivity contribution in [3.8, 4) is 0 Å². The van der Waals surface area contributed by atoms with E-state index in [9.17, 15) is 106 Å². The van der Waals surface area contributed by atoms with Gasteiger partial charge in [-0.25, -0.2) is 0 Å². The summed E-state index contributed by atoms with van der Waals surface area (Å²) in [6.45, 7) is -1.04. The van der Waals surface area contributed by atoms with Gasteiger partial charge in [0.25, 0.3) is 0 Å². The van der Waals surface area contributed by atoms with Crippen LogP contribution in [0, 0.1) is 65.1 Å². The summed E-state index contributed by atoms with van der Waals surface area (Å²) in [5, 5.41) is 200. The van der Waals surface area contributed by atoms with E-state index in [0.717, 1.165) is 0 Å². The zero-order valence-electron chi connectivity index (χ0n) is 47.0. The largest absolute Gasteiger partial charge is 0.481 e. The Morgan fingerprint density at radius 2 is 1.02 bits per heavy atom. The molecule has 7 saturated carbocycles. The Morgan fingerprint density at radius 3 is 1.62 bits per heavy atom. The molecule has 0 aromatic carbocycles. The lowest BCUT2D eigenvalue weighted by molar-refractivity contribution is -0.373. The number of carboxylic acids is 1. The third kappa shape index (κ3) is 12.1. The van der Waals surface area contributed by atoms with Gasteiger partial charge in [0.05, 0.1) is 121 Å². The Bertz CT molecular complexity index is 2470. The predicted molar refractivity (Wildman–Crippen MR) is 276 cm³/mol. The fourth-order valence-electron chi connectivity index (χ4n) is 17.2. The number of hydrogen-bond donors (Lipinski definition) is 18. The van der Waals surface area contributed by atoms with Gasteiger partial charge in [0.15, 0.2) is 36.8 Å². The maximum atomic E-state index is 15.2. The van der Waals surface area contributed by atoms with Crippen LogP contribution in [-0.2, 0) is 57.1 Å². The summed E-state index contributed by atoms with van der Waals surface area (Å²) in [7, 11) is 0. The lowest BCUT2D eigenvalue weighted by atomic mass is 9.55. The maximum absolute atomic E-state index is 15.2. The number of carbonyl (C=O) groups is 5. The van der Waals surface area contributed by atoms with Crippen LogP contribution in [0.1, 0.15) is 77.0 Å². The van der Waals surface area contributed by atoms with Crippen LogP contribution >= 0.6 is 0 Å². The van der Waals surface area contributed by atoms with Crippen molar-refractivity contribution in [2.75, 3.05) is 6.61 Å². The van der Waals surface area contributed by atoms with Gasteiger partial charge in [0.2, 0.25) is 0 Å². The molecule has 87 heavy (non-hydrogen) atoms. The lowest BCUT2D eigenvalue weighted by Gasteiger charge is -2.61. The second-order valence-electron chi connectivity index (χ2n) is 26.6. The third-order valence-electron chi connectivity index (χ3n) is 21.5. The molecule has 4 saturated heterocycles. The molecule has 4 aliphatic heterocycles. The second kappa shape index (κ2) is 25.5. The number of carbonyl (C=O) groups excluding carboxylic acids is 4. The van der Waals surface area contributed by atoms with Crippen LogP contribution in [-0.4, -0.2) is 298 Å². The van der Waals surface area contributed by atoms with Crippen molar-refractivity contribution in [3.05, 3.63) is 0 Å². The summed E-state index contributed by atoms with van der Waals surface area (Å²) in [5.41, 5.74) is 0. The Kier molecular flexibility index (Phi) is 19.1. The Labute approximate surface area is 496 Å². The molecule has 11 aliphatic rings. The van der Waals surface area contributed by atoms with Gasteiger partial charge in [-0.1, -0.05) is 0 Å². The molecule has 31 nitrogen and oxygen atoms in total. The van der Waals surface area contributed by atoms with E-state index in [0.29, 0.717) is 0 Å². The molecule has 0 bridgehead atoms. The standard InChI is InChI=1S/C56H82O31/c57-17-8-29-36-30(9-17)82-47-35(18(51(73)74)10-28(65)41(47)69)37(36)48(45(81-29)14-1-2-21(58)22(59)3-14)83-31-12-20-34(44(72)42(31)70)33-19(11-27(64)40(68)43(33)71)55(78)85-46-32(13-80-54(20)77)84-56(79)50(87-53(76)16-6-25(62)39(67)26(63)7-16)49(46)86-52(75)15-4-23(60)38(66)24(61)5-15/h14-50,56-72,79H,1-13H2,(H,73,74)/p+1/t14?,15?,16?,17?,18?,19?,20?,21?,22?,23?,24?,25?,26?,27?,28?,29?,30?,31?,32-,33?,34?,35?,36?,37?,38?,39?,40?,41?,42?,43?,44?,45?,46-,47?,48?,49+,50-,56+/m1/s1. The summed E-state index contributed by atoms with van der Waals surface area (Å²) in [6, 6.07) is 0. The van der Waals surface area contributed by atoms with Gasteiger partial charge < -0.3 is 130 Å². The van der Waals surface area contributed by atoms with Crippen LogP contribution in [0.3, 0.4) is 0 Å². The number of aliphatic carboxylic acids is 1. The topological polar surface area (TPSA) is 527 Å². The van der Waals surface area contributed by atoms with Gasteiger partial charge in [-0.3, -0.25) is 24.0 Å². The summed E-state index contributed by atoms with van der Waals surface area (Å²) >= 11 is 0. The van der Waals surface area contributed by atoms with Crippen LogP contribution in [0.2, 0.25) is 0 Å². The average molecular weight is 1250 g/mol. The van der Waals surface area contributed by atoms with Crippen molar-refractivity contribution in [2.24, 2.45) is 65.1 Å². The van der Waals surface area contributed by atoms with Crippen molar-refractivity contribution < 1.29 is 154 Å². The Hall–Kier alpha value is -3.49. The molecule has 11 rings (SSSR count). The van der Waals surface area contributed by atoms with E-state index in [2.05, 4.69) is 0 Å². The molecular formula is C56H83O31+. The number of esters is 4. The lowest BCUT2D eigenvalue weighted by Crippen LogP contribution is -2.72. The molecule has 0 aromatic rings. The quantitative estimate of drug-likeness (QED) is 0.0610. The summed E-state index contributed by atoms with van der Waals surface area (Å²) in [6.07, 6.45) is -48.6. The number of carboxylic acid groups (broad SMARTS) is 1. The molecule has 11 fully saturated rings. The molecular weight excluding hydrogens is 1170 g/mol. The second-order valence-corrected chi connectivity index (χ2v) is 26.6. The van der Waals surface area contributed by atoms with Gasteiger partial charge in [-0.2, -0.15) is 0 Å². The van der Waals surface area contributed by atoms with E-state index in [4.69, 9.17) is 37.9 Å². The summed E-state index contributed by atoms with van der Waals surface area (Å²) in [4.78, 5) is 71.7. The molecule has 0 amide bonds. The first-order valence-corrected chi connectivity index (χ1v) is 30.4. The van der Waals surface area contributed by atoms with E-state index in [1.807, 2.05) is 0 Å². The summed E-state index contributed by atoms with van der Waals surface area (Å²) in [5.74, 6) is -21.6. The van der Waals surface area contributed by atoms with Crippen LogP contribution in [0.4, 0.5) is 0 Å². The van der Waals surface area contributed by atoms with Gasteiger partial charge in [0, 0.05) is 42.4 Å². The highest BCUT2D eigenvalue weighted by Crippen LogP contribution is 2.57. The Morgan fingerprint density at radius 1 is 0.460 bits per heavy atom. The molecule has 4 heterocycles. The molecule has 31 heteroatoms. The number of hydrogen-bond acceptors (Lipinski definition) is 29. The van der Waals surface area contributed by atoms with Gasteiger partial charge in [-0.15, -0.1) is 0 Å². The molecule has 7 aliphatic carbocycles.